The predicted octanol–water partition coefficient (Wildman–Crippen LogP) is 5.27. The van der Waals surface area contributed by atoms with Gasteiger partial charge in [0.25, 0.3) is 0 Å². The molecule has 0 saturated carbocycles. The van der Waals surface area contributed by atoms with Crippen LogP contribution in [0.15, 0.2) is 78.9 Å². The molecule has 3 aromatic carbocycles. The molecule has 30 heavy (non-hydrogen) atoms. The van der Waals surface area contributed by atoms with Gasteiger partial charge in [0.05, 0.1) is 12.7 Å². The lowest BCUT2D eigenvalue weighted by Gasteiger charge is -2.14. The van der Waals surface area contributed by atoms with E-state index >= 15 is 0 Å². The number of methoxy groups -OCH3 is 1. The maximum Gasteiger partial charge on any atom is 0.337 e. The topological polar surface area (TPSA) is 72.5 Å². The molecule has 3 rings (SSSR count). The molecule has 0 aliphatic rings. The molecule has 4 nitrogen and oxygen atoms in total. The normalized spacial score (nSPS) is 12.0. The Morgan fingerprint density at radius 3 is 2.33 bits per heavy atom. The van der Waals surface area contributed by atoms with E-state index in [2.05, 4.69) is 18.2 Å². The van der Waals surface area contributed by atoms with Crippen LogP contribution in [-0.4, -0.2) is 18.2 Å². The van der Waals surface area contributed by atoms with Crippen LogP contribution in [0.4, 0.5) is 5.69 Å². The van der Waals surface area contributed by atoms with E-state index in [1.54, 1.807) is 18.2 Å². The first-order chi connectivity index (χ1) is 14.5. The average molecular weight is 402 g/mol. The summed E-state index contributed by atoms with van der Waals surface area (Å²) in [6.45, 7) is 0. The highest BCUT2D eigenvalue weighted by molar-refractivity contribution is 5.89. The quantitative estimate of drug-likeness (QED) is 0.399. The third kappa shape index (κ3) is 5.98. The average Bonchev–Trinajstić information content (AvgIpc) is 2.77. The number of rotatable bonds is 8. The molecule has 4 heteroatoms. The van der Waals surface area contributed by atoms with Gasteiger partial charge in [-0.15, -0.1) is 0 Å². The van der Waals surface area contributed by atoms with Gasteiger partial charge in [0.2, 0.25) is 0 Å². The molecule has 154 valence electrons. The second-order valence-corrected chi connectivity index (χ2v) is 7.35. The summed E-state index contributed by atoms with van der Waals surface area (Å²) in [5, 5.41) is 10.0. The van der Waals surface area contributed by atoms with Gasteiger partial charge in [-0.2, -0.15) is 0 Å². The van der Waals surface area contributed by atoms with Crippen LogP contribution >= 0.6 is 0 Å². The summed E-state index contributed by atoms with van der Waals surface area (Å²) in [4.78, 5) is 11.7. The van der Waals surface area contributed by atoms with E-state index in [1.807, 2.05) is 48.5 Å². The number of nitrogen functional groups attached to an aromatic ring is 1. The highest BCUT2D eigenvalue weighted by Crippen LogP contribution is 2.22. The summed E-state index contributed by atoms with van der Waals surface area (Å²) in [6, 6.07) is 22.8. The SMILES string of the molecule is COC(=O)c1ccc(CC(/C=C/c2ccccc2O)CCc2ccc(N)cc2)cc1. The zero-order valence-electron chi connectivity index (χ0n) is 17.1. The number of hydrogen-bond donors (Lipinski definition) is 2. The highest BCUT2D eigenvalue weighted by atomic mass is 16.5. The zero-order valence-corrected chi connectivity index (χ0v) is 17.1. The number of ether oxygens (including phenoxy) is 1. The van der Waals surface area contributed by atoms with Crippen molar-refractivity contribution >= 4 is 17.7 Å². The number of carbonyl (C=O) groups is 1. The van der Waals surface area contributed by atoms with Gasteiger partial charge in [-0.1, -0.05) is 54.6 Å². The van der Waals surface area contributed by atoms with Gasteiger partial charge >= 0.3 is 5.97 Å². The number of hydrogen-bond acceptors (Lipinski definition) is 4. The second-order valence-electron chi connectivity index (χ2n) is 7.35. The van der Waals surface area contributed by atoms with Crippen LogP contribution in [0.25, 0.3) is 6.08 Å². The Morgan fingerprint density at radius 1 is 1.00 bits per heavy atom. The molecule has 0 bridgehead atoms. The van der Waals surface area contributed by atoms with Crippen LogP contribution < -0.4 is 5.73 Å². The molecule has 3 N–H and O–H groups in total. The Bertz CT molecular complexity index is 992. The van der Waals surface area contributed by atoms with Crippen molar-refractivity contribution < 1.29 is 14.6 Å². The molecular weight excluding hydrogens is 374 g/mol. The zero-order chi connectivity index (χ0) is 21.3. The molecular formula is C26H27NO3. The third-order valence-electron chi connectivity index (χ3n) is 5.14. The van der Waals surface area contributed by atoms with E-state index in [-0.39, 0.29) is 17.6 Å². The van der Waals surface area contributed by atoms with Crippen molar-refractivity contribution in [1.82, 2.24) is 0 Å². The van der Waals surface area contributed by atoms with Crippen LogP contribution in [0.3, 0.4) is 0 Å². The van der Waals surface area contributed by atoms with Crippen LogP contribution in [-0.2, 0) is 17.6 Å². The molecule has 0 amide bonds. The molecule has 0 aromatic heterocycles. The van der Waals surface area contributed by atoms with Crippen molar-refractivity contribution in [3.05, 3.63) is 101 Å². The maximum atomic E-state index is 11.7. The minimum absolute atomic E-state index is 0.270. The van der Waals surface area contributed by atoms with Crippen molar-refractivity contribution in [2.24, 2.45) is 5.92 Å². The van der Waals surface area contributed by atoms with E-state index < -0.39 is 0 Å². The van der Waals surface area contributed by atoms with Crippen LogP contribution in [0.5, 0.6) is 5.75 Å². The Kier molecular flexibility index (Phi) is 7.28. The first kappa shape index (κ1) is 21.2. The Hall–Kier alpha value is -3.53. The minimum atomic E-state index is -0.333. The van der Waals surface area contributed by atoms with E-state index in [0.29, 0.717) is 5.56 Å². The van der Waals surface area contributed by atoms with Crippen molar-refractivity contribution in [3.63, 3.8) is 0 Å². The van der Waals surface area contributed by atoms with E-state index in [0.717, 1.165) is 36.1 Å². The second kappa shape index (κ2) is 10.3. The van der Waals surface area contributed by atoms with Crippen LogP contribution in [0.1, 0.15) is 33.5 Å². The van der Waals surface area contributed by atoms with Crippen LogP contribution in [0.2, 0.25) is 0 Å². The Labute approximate surface area is 177 Å². The number of nitrogens with two attached hydrogens (primary N) is 1. The molecule has 0 aliphatic carbocycles. The fourth-order valence-corrected chi connectivity index (χ4v) is 3.37. The monoisotopic (exact) mass is 401 g/mol. The largest absolute Gasteiger partial charge is 0.507 e. The maximum absolute atomic E-state index is 11.7. The van der Waals surface area contributed by atoms with Gasteiger partial charge in [-0.25, -0.2) is 4.79 Å². The summed E-state index contributed by atoms with van der Waals surface area (Å²) < 4.78 is 4.77. The summed E-state index contributed by atoms with van der Waals surface area (Å²) in [5.74, 6) is 0.209. The lowest BCUT2D eigenvalue weighted by molar-refractivity contribution is 0.0600. The third-order valence-corrected chi connectivity index (χ3v) is 5.14. The number of benzene rings is 3. The summed E-state index contributed by atoms with van der Waals surface area (Å²) >= 11 is 0. The number of aryl methyl sites for hydroxylation is 1. The number of phenolic OH excluding ortho intramolecular Hbond substituents is 1. The van der Waals surface area contributed by atoms with Crippen molar-refractivity contribution in [2.75, 3.05) is 12.8 Å². The summed E-state index contributed by atoms with van der Waals surface area (Å²) in [7, 11) is 1.38. The number of phenols is 1. The molecule has 3 aromatic rings. The van der Waals surface area contributed by atoms with Gasteiger partial charge in [-0.05, 0) is 66.6 Å². The Morgan fingerprint density at radius 2 is 1.67 bits per heavy atom. The molecule has 0 saturated heterocycles. The van der Waals surface area contributed by atoms with E-state index in [1.165, 1.54) is 12.7 Å². The first-order valence-corrected chi connectivity index (χ1v) is 10.0. The number of allylic oxidation sites excluding steroid dienone is 1. The van der Waals surface area contributed by atoms with Gasteiger partial charge in [0, 0.05) is 11.3 Å². The Balaban J connectivity index is 1.74. The van der Waals surface area contributed by atoms with E-state index in [4.69, 9.17) is 10.5 Å². The minimum Gasteiger partial charge on any atom is -0.507 e. The smallest absolute Gasteiger partial charge is 0.337 e. The number of para-hydroxylation sites is 1. The molecule has 0 aliphatic heterocycles. The highest BCUT2D eigenvalue weighted by Gasteiger charge is 2.10. The summed E-state index contributed by atoms with van der Waals surface area (Å²) in [5.41, 5.74) is 10.3. The fraction of sp³-hybridized carbons (Fsp3) is 0.192. The molecule has 1 atom stereocenters. The molecule has 0 fully saturated rings. The van der Waals surface area contributed by atoms with Crippen molar-refractivity contribution in [3.8, 4) is 5.75 Å². The number of aromatic hydroxyl groups is 1. The fourth-order valence-electron chi connectivity index (χ4n) is 3.37. The molecule has 0 heterocycles. The van der Waals surface area contributed by atoms with Crippen LogP contribution in [0, 0.1) is 5.92 Å². The van der Waals surface area contributed by atoms with Crippen molar-refractivity contribution in [1.29, 1.82) is 0 Å². The lowest BCUT2D eigenvalue weighted by atomic mass is 9.91. The number of anilines is 1. The lowest BCUT2D eigenvalue weighted by Crippen LogP contribution is -2.05. The molecule has 0 spiro atoms. The number of carbonyl (C=O) groups excluding carboxylic acids is 1. The van der Waals surface area contributed by atoms with Gasteiger partial charge in [0.15, 0.2) is 0 Å². The summed E-state index contributed by atoms with van der Waals surface area (Å²) in [6.07, 6.45) is 6.84. The first-order valence-electron chi connectivity index (χ1n) is 10.0. The molecule has 1 unspecified atom stereocenters. The van der Waals surface area contributed by atoms with Crippen molar-refractivity contribution in [2.45, 2.75) is 19.3 Å². The van der Waals surface area contributed by atoms with Gasteiger partial charge in [-0.3, -0.25) is 0 Å². The standard InChI is InChI=1S/C26H27NO3/c1-30-26(29)23-14-9-21(10-15-23)18-20(7-6-19-11-16-24(27)17-12-19)8-13-22-4-2-3-5-25(22)28/h2-5,8-17,20,28H,6-7,18,27H2,1H3/b13-8+. The molecule has 0 radical (unpaired) electrons. The number of esters is 1. The van der Waals surface area contributed by atoms with E-state index in [9.17, 15) is 9.90 Å². The van der Waals surface area contributed by atoms with Gasteiger partial charge < -0.3 is 15.6 Å². The van der Waals surface area contributed by atoms with Gasteiger partial charge in [0.1, 0.15) is 5.75 Å². The predicted molar refractivity (Wildman–Crippen MR) is 121 cm³/mol.